The van der Waals surface area contributed by atoms with Crippen molar-refractivity contribution in [2.24, 2.45) is 0 Å². The largest absolute Gasteiger partial charge is 0.487 e. The number of carbonyl (C=O) groups excluding carboxylic acids is 2. The van der Waals surface area contributed by atoms with Gasteiger partial charge < -0.3 is 15.0 Å². The van der Waals surface area contributed by atoms with Gasteiger partial charge >= 0.3 is 0 Å². The molecule has 1 unspecified atom stereocenters. The highest BCUT2D eigenvalue weighted by atomic mass is 16.5. The average molecular weight is 392 g/mol. The summed E-state index contributed by atoms with van der Waals surface area (Å²) in [5.41, 5.74) is 2.12. The van der Waals surface area contributed by atoms with E-state index in [4.69, 9.17) is 4.74 Å². The molecule has 5 nitrogen and oxygen atoms in total. The molecule has 1 N–H and O–H groups in total. The van der Waals surface area contributed by atoms with Gasteiger partial charge in [0, 0.05) is 36.2 Å². The van der Waals surface area contributed by atoms with Crippen LogP contribution in [0.1, 0.15) is 67.9 Å². The molecule has 2 amide bonds. The van der Waals surface area contributed by atoms with Crippen molar-refractivity contribution in [3.63, 3.8) is 0 Å². The van der Waals surface area contributed by atoms with Gasteiger partial charge in [0.2, 0.25) is 5.91 Å². The third-order valence-electron chi connectivity index (χ3n) is 6.28. The fourth-order valence-corrected chi connectivity index (χ4v) is 4.41. The third-order valence-corrected chi connectivity index (χ3v) is 6.28. The topological polar surface area (TPSA) is 58.6 Å². The molecule has 29 heavy (non-hydrogen) atoms. The van der Waals surface area contributed by atoms with E-state index in [9.17, 15) is 9.59 Å². The Labute approximate surface area is 172 Å². The minimum absolute atomic E-state index is 0.107. The molecule has 152 valence electrons. The first-order chi connectivity index (χ1) is 14.0. The molecule has 0 spiro atoms. The summed E-state index contributed by atoms with van der Waals surface area (Å²) in [4.78, 5) is 26.9. The van der Waals surface area contributed by atoms with Crippen molar-refractivity contribution < 1.29 is 14.3 Å². The normalized spacial score (nSPS) is 20.1. The average Bonchev–Trinajstić information content (AvgIpc) is 3.19. The van der Waals surface area contributed by atoms with Crippen molar-refractivity contribution in [3.05, 3.63) is 59.7 Å². The fourth-order valence-electron chi connectivity index (χ4n) is 4.41. The number of nitrogens with one attached hydrogen (secondary N) is 1. The van der Waals surface area contributed by atoms with Crippen LogP contribution in [0.4, 0.5) is 5.69 Å². The number of ether oxygens (including phenoxy) is 1. The Balaban J connectivity index is 1.58. The summed E-state index contributed by atoms with van der Waals surface area (Å²) in [7, 11) is 0. The van der Waals surface area contributed by atoms with E-state index >= 15 is 0 Å². The minimum atomic E-state index is -0.268. The van der Waals surface area contributed by atoms with Crippen LogP contribution in [0, 0.1) is 0 Å². The van der Waals surface area contributed by atoms with E-state index in [1.54, 1.807) is 11.0 Å². The van der Waals surface area contributed by atoms with Crippen molar-refractivity contribution in [1.82, 2.24) is 5.32 Å². The second-order valence-electron chi connectivity index (χ2n) is 7.96. The molecule has 4 rings (SSSR count). The summed E-state index contributed by atoms with van der Waals surface area (Å²) in [5.74, 6) is 0.849. The lowest BCUT2D eigenvalue weighted by Gasteiger charge is -2.41. The molecule has 5 heteroatoms. The second-order valence-corrected chi connectivity index (χ2v) is 7.96. The van der Waals surface area contributed by atoms with Crippen LogP contribution in [0.25, 0.3) is 0 Å². The van der Waals surface area contributed by atoms with E-state index in [-0.39, 0.29) is 23.5 Å². The Morgan fingerprint density at radius 1 is 1.17 bits per heavy atom. The van der Waals surface area contributed by atoms with E-state index < -0.39 is 0 Å². The summed E-state index contributed by atoms with van der Waals surface area (Å²) in [6.45, 7) is 4.98. The number of amides is 2. The van der Waals surface area contributed by atoms with Crippen LogP contribution in [0.5, 0.6) is 5.75 Å². The molecule has 2 aliphatic heterocycles. The fraction of sp³-hybridized carbons (Fsp3) is 0.417. The maximum Gasteiger partial charge on any atom is 0.251 e. The molecular weight excluding hydrogens is 364 g/mol. The molecular formula is C24H28N2O3. The first-order valence-electron chi connectivity index (χ1n) is 10.5. The van der Waals surface area contributed by atoms with E-state index in [1.807, 2.05) is 42.5 Å². The molecule has 1 saturated heterocycles. The molecule has 0 radical (unpaired) electrons. The number of benzene rings is 2. The Morgan fingerprint density at radius 3 is 2.69 bits per heavy atom. The van der Waals surface area contributed by atoms with Crippen LogP contribution in [0.15, 0.2) is 48.5 Å². The maximum absolute atomic E-state index is 13.1. The van der Waals surface area contributed by atoms with Gasteiger partial charge in [-0.2, -0.15) is 0 Å². The van der Waals surface area contributed by atoms with Gasteiger partial charge in [0.15, 0.2) is 0 Å². The molecule has 1 atom stereocenters. The zero-order valence-electron chi connectivity index (χ0n) is 17.1. The summed E-state index contributed by atoms with van der Waals surface area (Å²) in [5, 5.41) is 3.22. The first-order valence-corrected chi connectivity index (χ1v) is 10.5. The van der Waals surface area contributed by atoms with Gasteiger partial charge in [-0.25, -0.2) is 0 Å². The van der Waals surface area contributed by atoms with Crippen LogP contribution in [-0.2, 0) is 4.79 Å². The van der Waals surface area contributed by atoms with E-state index in [2.05, 4.69) is 19.2 Å². The van der Waals surface area contributed by atoms with Gasteiger partial charge in [-0.3, -0.25) is 9.59 Å². The Morgan fingerprint density at radius 2 is 1.97 bits per heavy atom. The standard InChI is InChI=1S/C24H28N2O3/c1-3-24(4-2)16-20(19-11-5-6-12-21(19)29-24)25-23(28)17-9-7-10-18(15-17)26-14-8-13-22(26)27/h5-7,9-12,15,20H,3-4,8,13-14,16H2,1-2H3,(H,25,28). The molecule has 0 bridgehead atoms. The predicted molar refractivity (Wildman–Crippen MR) is 113 cm³/mol. The quantitative estimate of drug-likeness (QED) is 0.807. The summed E-state index contributed by atoms with van der Waals surface area (Å²) >= 11 is 0. The molecule has 0 aromatic heterocycles. The zero-order chi connectivity index (χ0) is 20.4. The SMILES string of the molecule is CCC1(CC)CC(NC(=O)c2cccc(N3CCCC3=O)c2)c2ccccc2O1. The molecule has 2 aromatic carbocycles. The van der Waals surface area contributed by atoms with Gasteiger partial charge in [-0.15, -0.1) is 0 Å². The molecule has 2 heterocycles. The number of anilines is 1. The molecule has 2 aromatic rings. The Bertz CT molecular complexity index is 920. The number of para-hydroxylation sites is 1. The van der Waals surface area contributed by atoms with Crippen molar-refractivity contribution in [3.8, 4) is 5.75 Å². The van der Waals surface area contributed by atoms with Gasteiger partial charge in [0.25, 0.3) is 5.91 Å². The van der Waals surface area contributed by atoms with E-state index in [0.717, 1.165) is 42.7 Å². The van der Waals surface area contributed by atoms with Crippen LogP contribution in [0.2, 0.25) is 0 Å². The first kappa shape index (κ1) is 19.5. The van der Waals surface area contributed by atoms with E-state index in [1.165, 1.54) is 0 Å². The van der Waals surface area contributed by atoms with Crippen molar-refractivity contribution in [2.45, 2.75) is 57.6 Å². The van der Waals surface area contributed by atoms with Crippen molar-refractivity contribution >= 4 is 17.5 Å². The number of hydrogen-bond donors (Lipinski definition) is 1. The van der Waals surface area contributed by atoms with Crippen LogP contribution in [0.3, 0.4) is 0 Å². The van der Waals surface area contributed by atoms with Crippen molar-refractivity contribution in [1.29, 1.82) is 0 Å². The van der Waals surface area contributed by atoms with Gasteiger partial charge in [-0.1, -0.05) is 38.1 Å². The number of carbonyl (C=O) groups is 2. The van der Waals surface area contributed by atoms with Gasteiger partial charge in [0.1, 0.15) is 11.4 Å². The maximum atomic E-state index is 13.1. The van der Waals surface area contributed by atoms with Gasteiger partial charge in [-0.05, 0) is 43.5 Å². The molecule has 0 aliphatic carbocycles. The Hall–Kier alpha value is -2.82. The third kappa shape index (κ3) is 3.74. The highest BCUT2D eigenvalue weighted by Crippen LogP contribution is 2.42. The summed E-state index contributed by atoms with van der Waals surface area (Å²) in [6.07, 6.45) is 3.95. The highest BCUT2D eigenvalue weighted by molar-refractivity contribution is 5.99. The van der Waals surface area contributed by atoms with Crippen LogP contribution >= 0.6 is 0 Å². The molecule has 1 fully saturated rings. The smallest absolute Gasteiger partial charge is 0.251 e. The van der Waals surface area contributed by atoms with Crippen LogP contribution < -0.4 is 15.0 Å². The zero-order valence-corrected chi connectivity index (χ0v) is 17.1. The van der Waals surface area contributed by atoms with Crippen LogP contribution in [-0.4, -0.2) is 24.0 Å². The lowest BCUT2D eigenvalue weighted by Crippen LogP contribution is -2.44. The lowest BCUT2D eigenvalue weighted by atomic mass is 9.83. The number of nitrogens with zero attached hydrogens (tertiary/aromatic N) is 1. The van der Waals surface area contributed by atoms with Gasteiger partial charge in [0.05, 0.1) is 6.04 Å². The lowest BCUT2D eigenvalue weighted by molar-refractivity contribution is -0.117. The summed E-state index contributed by atoms with van der Waals surface area (Å²) < 4.78 is 6.34. The second kappa shape index (κ2) is 7.90. The number of hydrogen-bond acceptors (Lipinski definition) is 3. The number of fused-ring (bicyclic) bond motifs is 1. The predicted octanol–water partition coefficient (Wildman–Crippen LogP) is 4.63. The number of rotatable bonds is 5. The monoisotopic (exact) mass is 392 g/mol. The minimum Gasteiger partial charge on any atom is -0.487 e. The summed E-state index contributed by atoms with van der Waals surface area (Å²) in [6, 6.07) is 15.2. The van der Waals surface area contributed by atoms with E-state index in [0.29, 0.717) is 18.5 Å². The highest BCUT2D eigenvalue weighted by Gasteiger charge is 2.39. The molecule has 2 aliphatic rings. The molecule has 0 saturated carbocycles. The van der Waals surface area contributed by atoms with Crippen molar-refractivity contribution in [2.75, 3.05) is 11.4 Å². The Kier molecular flexibility index (Phi) is 5.31.